The Kier molecular flexibility index (Phi) is 9.33. The van der Waals surface area contributed by atoms with Crippen molar-refractivity contribution < 1.29 is 19.4 Å². The first kappa shape index (κ1) is 33.5. The van der Waals surface area contributed by atoms with Crippen LogP contribution in [0, 0.1) is 16.7 Å². The molecule has 2 bridgehead atoms. The van der Waals surface area contributed by atoms with Crippen molar-refractivity contribution in [3.8, 4) is 0 Å². The van der Waals surface area contributed by atoms with E-state index in [4.69, 9.17) is 55.8 Å². The van der Waals surface area contributed by atoms with Crippen molar-refractivity contribution in [3.05, 3.63) is 29.8 Å². The Morgan fingerprint density at radius 3 is 2.80 bits per heavy atom. The molecule has 4 aliphatic carbocycles. The van der Waals surface area contributed by atoms with E-state index in [0.717, 1.165) is 10.5 Å². The number of carbonyl (C=O) groups is 2. The topological polar surface area (TPSA) is 130 Å². The summed E-state index contributed by atoms with van der Waals surface area (Å²) in [5, 5.41) is 19.5. The predicted octanol–water partition coefficient (Wildman–Crippen LogP) is 2.79. The average Bonchev–Trinajstić information content (AvgIpc) is 3.23. The van der Waals surface area contributed by atoms with Crippen LogP contribution in [0.5, 0.6) is 0 Å². The number of hydrogen-bond donors (Lipinski definition) is 4. The van der Waals surface area contributed by atoms with Gasteiger partial charge in [-0.3, -0.25) is 14.6 Å². The van der Waals surface area contributed by atoms with E-state index in [1.165, 1.54) is 17.1 Å². The van der Waals surface area contributed by atoms with Gasteiger partial charge in [0.15, 0.2) is 0 Å². The van der Waals surface area contributed by atoms with Gasteiger partial charge in [-0.15, -0.1) is 26.1 Å². The van der Waals surface area contributed by atoms with Gasteiger partial charge < -0.3 is 20.5 Å². The minimum atomic E-state index is -1.29. The number of thioether (sulfide) groups is 1. The van der Waals surface area contributed by atoms with E-state index in [2.05, 4.69) is 24.4 Å². The maximum atomic E-state index is 13.4. The lowest BCUT2D eigenvalue weighted by atomic mass is 9.35. The molecule has 5 aliphatic rings. The van der Waals surface area contributed by atoms with Gasteiger partial charge in [0.1, 0.15) is 11.9 Å². The van der Waals surface area contributed by atoms with Gasteiger partial charge in [0.2, 0.25) is 5.96 Å². The molecule has 1 aliphatic heterocycles. The summed E-state index contributed by atoms with van der Waals surface area (Å²) in [7, 11) is 9.58. The first-order valence-electron chi connectivity index (χ1n) is 15.0. The first-order chi connectivity index (χ1) is 21.4. The number of esters is 1. The third-order valence-corrected chi connectivity index (χ3v) is 14.8. The fourth-order valence-corrected chi connectivity index (χ4v) is 11.7. The van der Waals surface area contributed by atoms with Crippen LogP contribution < -0.4 is 5.73 Å². The molecule has 45 heavy (non-hydrogen) atoms. The highest BCUT2D eigenvalue weighted by molar-refractivity contribution is 8.00. The molecule has 0 saturated heterocycles. The van der Waals surface area contributed by atoms with E-state index in [1.54, 1.807) is 6.21 Å². The van der Waals surface area contributed by atoms with Crippen LogP contribution in [0.1, 0.15) is 37.7 Å². The number of ketones is 1. The van der Waals surface area contributed by atoms with Gasteiger partial charge in [-0.05, 0) is 65.4 Å². The van der Waals surface area contributed by atoms with Crippen LogP contribution >= 0.6 is 58.5 Å². The molecule has 238 valence electrons. The summed E-state index contributed by atoms with van der Waals surface area (Å²) in [6.07, 6.45) is 4.04. The van der Waals surface area contributed by atoms with Gasteiger partial charge in [-0.1, -0.05) is 24.4 Å². The second-order valence-electron chi connectivity index (χ2n) is 13.0. The Morgan fingerprint density at radius 1 is 1.36 bits per heavy atom. The minimum Gasteiger partial charge on any atom is -0.460 e. The van der Waals surface area contributed by atoms with Gasteiger partial charge >= 0.3 is 5.97 Å². The zero-order valence-electron chi connectivity index (χ0n) is 24.7. The standard InChI is InChI=1S/C30H37BN5O4PS4/c31-29(16-42)11-20(30(44)21(43)12-28-15-27(25(28)30,6-5-19(28)37)24(41)23(29)39)40-22(38)14-45-18-3-1-17(2-4-18)13-34-35-26(32)36-9-7-33-8-10-36/h1-4,7,13,16,20-21,23-25,39,43-44H,5-6,8-12,14-15,41H2,(H2,32,35)/b34-13+/t20-,21?,23?,24+,25?,27?,28?,29-,30+/m1/s1. The molecule has 2 radical (unpaired) electrons. The fraction of sp³-hybridized carbons (Fsp3) is 0.600. The van der Waals surface area contributed by atoms with Crippen molar-refractivity contribution in [1.29, 1.82) is 0 Å². The third-order valence-electron chi connectivity index (χ3n) is 10.7. The lowest BCUT2D eigenvalue weighted by Gasteiger charge is -2.71. The summed E-state index contributed by atoms with van der Waals surface area (Å²) in [5.74, 6) is -0.00649. The molecule has 2 spiro atoms. The number of aliphatic imine (C=N–C) groups is 1. The molecule has 3 N–H and O–H groups in total. The number of carbonyl (C=O) groups excluding carboxylic acids is 2. The summed E-state index contributed by atoms with van der Waals surface area (Å²) < 4.78 is 5.30. The monoisotopic (exact) mass is 701 g/mol. The summed E-state index contributed by atoms with van der Waals surface area (Å²) in [6.45, 7) is 2.01. The number of ether oxygens (including phenoxy) is 1. The zero-order valence-corrected chi connectivity index (χ0v) is 29.3. The molecule has 6 rings (SSSR count). The Hall–Kier alpha value is -1.44. The average molecular weight is 702 g/mol. The third kappa shape index (κ3) is 5.53. The molecule has 9 nitrogen and oxygen atoms in total. The van der Waals surface area contributed by atoms with Crippen LogP contribution in [0.3, 0.4) is 0 Å². The quantitative estimate of drug-likeness (QED) is 0.0394. The van der Waals surface area contributed by atoms with Gasteiger partial charge in [0, 0.05) is 40.4 Å². The number of thiocarbonyl (C=S) groups is 1. The van der Waals surface area contributed by atoms with Gasteiger partial charge in [0.05, 0.1) is 43.8 Å². The summed E-state index contributed by atoms with van der Waals surface area (Å²) >= 11 is 17.0. The van der Waals surface area contributed by atoms with E-state index < -0.39 is 33.7 Å². The van der Waals surface area contributed by atoms with Crippen molar-refractivity contribution in [2.75, 3.05) is 25.4 Å². The van der Waals surface area contributed by atoms with Crippen molar-refractivity contribution >= 4 is 102 Å². The van der Waals surface area contributed by atoms with Crippen LogP contribution in [0.2, 0.25) is 5.31 Å². The van der Waals surface area contributed by atoms with Crippen molar-refractivity contribution in [3.63, 3.8) is 0 Å². The molecule has 1 aromatic carbocycles. The number of benzene rings is 1. The van der Waals surface area contributed by atoms with E-state index >= 15 is 0 Å². The number of thiol groups is 2. The number of aliphatic hydroxyl groups excluding tert-OH is 1. The van der Waals surface area contributed by atoms with E-state index in [-0.39, 0.29) is 40.2 Å². The van der Waals surface area contributed by atoms with Crippen LogP contribution in [-0.4, -0.2) is 107 Å². The molecule has 4 saturated carbocycles. The smallest absolute Gasteiger partial charge is 0.316 e. The van der Waals surface area contributed by atoms with Crippen LogP contribution in [0.25, 0.3) is 0 Å². The lowest BCUT2D eigenvalue weighted by molar-refractivity contribution is -0.198. The number of nitrogens with zero attached hydrogens (tertiary/aromatic N) is 4. The first-order valence-corrected chi connectivity index (χ1v) is 18.1. The number of hydrogen-bond acceptors (Lipinski definition) is 11. The van der Waals surface area contributed by atoms with Gasteiger partial charge in [-0.25, -0.2) is 0 Å². The number of Topliss-reactive ketones (excluding diaryl/α,β-unsaturated/α-hetero) is 1. The second-order valence-corrected chi connectivity index (χ2v) is 16.4. The van der Waals surface area contributed by atoms with Gasteiger partial charge in [0.25, 0.3) is 0 Å². The molecular weight excluding hydrogens is 664 g/mol. The molecule has 15 heteroatoms. The molecular formula is C30H37BN5O4PS4. The number of aliphatic hydroxyl groups is 1. The Balaban J connectivity index is 1.15. The fourth-order valence-electron chi connectivity index (χ4n) is 8.52. The highest BCUT2D eigenvalue weighted by Gasteiger charge is 2.82. The SMILES string of the molecule is [B][C@@]1(C=S)C[C@@H](OC(=O)CSc2ccc(/C=N/N=C(N)N3CC=NCC3)cc2)[C@]2(S)C(S)CC34CC(CCC3=O)(C42)[C@@H](P)C1O. The van der Waals surface area contributed by atoms with Crippen LogP contribution in [0.4, 0.5) is 0 Å². The highest BCUT2D eigenvalue weighted by Crippen LogP contribution is 2.80. The Bertz CT molecular complexity index is 1470. The maximum Gasteiger partial charge on any atom is 0.316 e. The second kappa shape index (κ2) is 12.5. The maximum absolute atomic E-state index is 13.4. The zero-order chi connectivity index (χ0) is 32.2. The number of rotatable bonds is 7. The van der Waals surface area contributed by atoms with Crippen molar-refractivity contribution in [2.24, 2.45) is 37.7 Å². The van der Waals surface area contributed by atoms with E-state index in [1.807, 2.05) is 35.4 Å². The van der Waals surface area contributed by atoms with Crippen molar-refractivity contribution in [1.82, 2.24) is 4.90 Å². The van der Waals surface area contributed by atoms with E-state index in [0.29, 0.717) is 51.3 Å². The largest absolute Gasteiger partial charge is 0.460 e. The van der Waals surface area contributed by atoms with Crippen LogP contribution in [-0.2, 0) is 14.3 Å². The van der Waals surface area contributed by atoms with Crippen molar-refractivity contribution in [2.45, 2.75) is 70.2 Å². The molecule has 0 aromatic heterocycles. The molecule has 0 amide bonds. The predicted molar refractivity (Wildman–Crippen MR) is 194 cm³/mol. The molecule has 1 aromatic rings. The van der Waals surface area contributed by atoms with Crippen LogP contribution in [0.15, 0.2) is 44.4 Å². The number of nitrogens with two attached hydrogens (primary N) is 1. The summed E-state index contributed by atoms with van der Waals surface area (Å²) in [5.41, 5.74) is 5.61. The number of guanidine groups is 1. The highest BCUT2D eigenvalue weighted by atomic mass is 32.2. The molecule has 6 unspecified atom stereocenters. The Morgan fingerprint density at radius 2 is 2.11 bits per heavy atom. The van der Waals surface area contributed by atoms with E-state index in [9.17, 15) is 14.7 Å². The summed E-state index contributed by atoms with van der Waals surface area (Å²) in [4.78, 5) is 33.7. The summed E-state index contributed by atoms with van der Waals surface area (Å²) in [6, 6.07) is 7.55. The Labute approximate surface area is 287 Å². The molecule has 10 atom stereocenters. The molecule has 4 fully saturated rings. The lowest BCUT2D eigenvalue weighted by Crippen LogP contribution is -2.74. The van der Waals surface area contributed by atoms with Gasteiger partial charge in [-0.2, -0.15) is 30.4 Å². The normalized spacial score (nSPS) is 40.8. The minimum absolute atomic E-state index is 0.0504. The molecule has 1 heterocycles.